The summed E-state index contributed by atoms with van der Waals surface area (Å²) in [6.07, 6.45) is 7.27. The minimum Gasteiger partial charge on any atom is -0.508 e. The number of nitrogen functional groups attached to an aromatic ring is 1. The SMILES string of the molecule is C[N+](C)(C)CCCCCCCc1cc(O)ccc1N. The molecule has 0 bridgehead atoms. The first kappa shape index (κ1) is 15.8. The number of phenols is 1. The highest BCUT2D eigenvalue weighted by Crippen LogP contribution is 2.20. The molecule has 3 nitrogen and oxygen atoms in total. The third kappa shape index (κ3) is 7.06. The smallest absolute Gasteiger partial charge is 0.116 e. The molecule has 0 radical (unpaired) electrons. The van der Waals surface area contributed by atoms with Crippen LogP contribution in [-0.2, 0) is 6.42 Å². The zero-order valence-electron chi connectivity index (χ0n) is 12.7. The Kier molecular flexibility index (Phi) is 6.16. The van der Waals surface area contributed by atoms with Crippen LogP contribution in [-0.4, -0.2) is 37.3 Å². The summed E-state index contributed by atoms with van der Waals surface area (Å²) < 4.78 is 1.06. The number of aromatic hydroxyl groups is 1. The van der Waals surface area contributed by atoms with Crippen LogP contribution in [0.1, 0.15) is 37.7 Å². The maximum atomic E-state index is 9.43. The van der Waals surface area contributed by atoms with Crippen LogP contribution in [0, 0.1) is 0 Å². The van der Waals surface area contributed by atoms with E-state index in [1.165, 1.54) is 32.2 Å². The quantitative estimate of drug-likeness (QED) is 0.328. The molecule has 0 saturated carbocycles. The standard InChI is InChI=1S/C16H28N2O/c1-18(2,3)12-8-6-4-5-7-9-14-13-15(19)10-11-16(14)17/h10-11,13H,4-9,12,17H2,1-3H3/p+1. The first-order valence-corrected chi connectivity index (χ1v) is 7.26. The normalized spacial score (nSPS) is 11.7. The van der Waals surface area contributed by atoms with Gasteiger partial charge in [-0.25, -0.2) is 0 Å². The Labute approximate surface area is 117 Å². The van der Waals surface area contributed by atoms with Crippen LogP contribution in [0.2, 0.25) is 0 Å². The average Bonchev–Trinajstić information content (AvgIpc) is 2.31. The summed E-state index contributed by atoms with van der Waals surface area (Å²) in [5.74, 6) is 0.312. The largest absolute Gasteiger partial charge is 0.508 e. The van der Waals surface area contributed by atoms with Crippen molar-refractivity contribution in [3.05, 3.63) is 23.8 Å². The first-order chi connectivity index (χ1) is 8.88. The van der Waals surface area contributed by atoms with Crippen LogP contribution in [0.15, 0.2) is 18.2 Å². The number of hydrogen-bond donors (Lipinski definition) is 2. The number of unbranched alkanes of at least 4 members (excludes halogenated alkanes) is 4. The molecule has 0 aliphatic rings. The van der Waals surface area contributed by atoms with E-state index in [0.29, 0.717) is 5.75 Å². The van der Waals surface area contributed by atoms with Crippen molar-refractivity contribution in [1.29, 1.82) is 0 Å². The second-order valence-electron chi connectivity index (χ2n) is 6.41. The molecule has 19 heavy (non-hydrogen) atoms. The fourth-order valence-electron chi connectivity index (χ4n) is 2.24. The Morgan fingerprint density at radius 3 is 2.32 bits per heavy atom. The van der Waals surface area contributed by atoms with E-state index in [1.54, 1.807) is 18.2 Å². The molecule has 1 aromatic rings. The number of nitrogens with two attached hydrogens (primary N) is 1. The van der Waals surface area contributed by atoms with Gasteiger partial charge in [-0.1, -0.05) is 12.8 Å². The molecule has 0 saturated heterocycles. The molecule has 0 atom stereocenters. The molecule has 0 aliphatic carbocycles. The van der Waals surface area contributed by atoms with E-state index in [-0.39, 0.29) is 0 Å². The lowest BCUT2D eigenvalue weighted by molar-refractivity contribution is -0.870. The summed E-state index contributed by atoms with van der Waals surface area (Å²) in [7, 11) is 6.72. The van der Waals surface area contributed by atoms with Crippen LogP contribution in [0.3, 0.4) is 0 Å². The van der Waals surface area contributed by atoms with E-state index < -0.39 is 0 Å². The fraction of sp³-hybridized carbons (Fsp3) is 0.625. The van der Waals surface area contributed by atoms with Crippen LogP contribution in [0.25, 0.3) is 0 Å². The van der Waals surface area contributed by atoms with E-state index in [2.05, 4.69) is 21.1 Å². The predicted octanol–water partition coefficient (Wildman–Crippen LogP) is 3.17. The van der Waals surface area contributed by atoms with Gasteiger partial charge < -0.3 is 15.3 Å². The number of quaternary nitrogens is 1. The topological polar surface area (TPSA) is 46.2 Å². The lowest BCUT2D eigenvalue weighted by atomic mass is 10.0. The van der Waals surface area contributed by atoms with Gasteiger partial charge in [-0.2, -0.15) is 0 Å². The molecule has 1 rings (SSSR count). The summed E-state index contributed by atoms with van der Waals surface area (Å²) in [6, 6.07) is 5.21. The van der Waals surface area contributed by atoms with Gasteiger partial charge in [0.15, 0.2) is 0 Å². The molecule has 0 amide bonds. The molecule has 0 heterocycles. The van der Waals surface area contributed by atoms with Crippen molar-refractivity contribution in [3.63, 3.8) is 0 Å². The van der Waals surface area contributed by atoms with Crippen LogP contribution in [0.5, 0.6) is 5.75 Å². The summed E-state index contributed by atoms with van der Waals surface area (Å²) in [4.78, 5) is 0. The Morgan fingerprint density at radius 2 is 1.63 bits per heavy atom. The second-order valence-corrected chi connectivity index (χ2v) is 6.41. The lowest BCUT2D eigenvalue weighted by Crippen LogP contribution is -2.35. The summed E-state index contributed by atoms with van der Waals surface area (Å²) >= 11 is 0. The van der Waals surface area contributed by atoms with Crippen molar-refractivity contribution < 1.29 is 9.59 Å². The fourth-order valence-corrected chi connectivity index (χ4v) is 2.24. The third-order valence-corrected chi connectivity index (χ3v) is 3.40. The Morgan fingerprint density at radius 1 is 1.00 bits per heavy atom. The lowest BCUT2D eigenvalue weighted by Gasteiger charge is -2.23. The molecule has 0 fully saturated rings. The van der Waals surface area contributed by atoms with Crippen molar-refractivity contribution in [1.82, 2.24) is 0 Å². The van der Waals surface area contributed by atoms with E-state index in [9.17, 15) is 5.11 Å². The number of aryl methyl sites for hydroxylation is 1. The number of hydrogen-bond acceptors (Lipinski definition) is 2. The Hall–Kier alpha value is -1.22. The molecule has 0 unspecified atom stereocenters. The number of nitrogens with zero attached hydrogens (tertiary/aromatic N) is 1. The van der Waals surface area contributed by atoms with Gasteiger partial charge in [0.1, 0.15) is 5.75 Å². The minimum absolute atomic E-state index is 0.312. The second kappa shape index (κ2) is 7.39. The van der Waals surface area contributed by atoms with Crippen molar-refractivity contribution in [2.24, 2.45) is 0 Å². The van der Waals surface area contributed by atoms with Gasteiger partial charge in [-0.15, -0.1) is 0 Å². The van der Waals surface area contributed by atoms with Crippen LogP contribution < -0.4 is 5.73 Å². The molecular weight excluding hydrogens is 236 g/mol. The zero-order chi connectivity index (χ0) is 14.3. The van der Waals surface area contributed by atoms with Crippen LogP contribution in [0.4, 0.5) is 5.69 Å². The van der Waals surface area contributed by atoms with E-state index in [4.69, 9.17) is 5.73 Å². The van der Waals surface area contributed by atoms with Crippen molar-refractivity contribution in [2.45, 2.75) is 38.5 Å². The van der Waals surface area contributed by atoms with E-state index >= 15 is 0 Å². The maximum Gasteiger partial charge on any atom is 0.116 e. The molecule has 0 aliphatic heterocycles. The molecule has 0 spiro atoms. The molecule has 3 N–H and O–H groups in total. The molecule has 108 valence electrons. The van der Waals surface area contributed by atoms with E-state index in [0.717, 1.165) is 28.6 Å². The Bertz CT molecular complexity index is 383. The van der Waals surface area contributed by atoms with Crippen molar-refractivity contribution >= 4 is 5.69 Å². The monoisotopic (exact) mass is 265 g/mol. The maximum absolute atomic E-state index is 9.43. The van der Waals surface area contributed by atoms with Crippen molar-refractivity contribution in [2.75, 3.05) is 33.4 Å². The number of phenolic OH excluding ortho intramolecular Hbond substituents is 1. The van der Waals surface area contributed by atoms with Crippen LogP contribution >= 0.6 is 0 Å². The molecule has 3 heteroatoms. The first-order valence-electron chi connectivity index (χ1n) is 7.26. The van der Waals surface area contributed by atoms with Gasteiger partial charge in [-0.05, 0) is 49.4 Å². The zero-order valence-corrected chi connectivity index (χ0v) is 12.7. The van der Waals surface area contributed by atoms with Gasteiger partial charge in [0, 0.05) is 5.69 Å². The van der Waals surface area contributed by atoms with Gasteiger partial charge >= 0.3 is 0 Å². The summed E-state index contributed by atoms with van der Waals surface area (Å²) in [5, 5.41) is 9.43. The highest BCUT2D eigenvalue weighted by molar-refractivity contribution is 5.50. The number of rotatable bonds is 8. The minimum atomic E-state index is 0.312. The van der Waals surface area contributed by atoms with Gasteiger partial charge in [0.05, 0.1) is 27.7 Å². The molecule has 0 aromatic heterocycles. The van der Waals surface area contributed by atoms with Gasteiger partial charge in [0.2, 0.25) is 0 Å². The molecule has 1 aromatic carbocycles. The summed E-state index contributed by atoms with van der Waals surface area (Å²) in [6.45, 7) is 1.25. The molecular formula is C16H29N2O+. The van der Waals surface area contributed by atoms with Gasteiger partial charge in [-0.3, -0.25) is 0 Å². The predicted molar refractivity (Wildman–Crippen MR) is 82.2 cm³/mol. The van der Waals surface area contributed by atoms with Crippen molar-refractivity contribution in [3.8, 4) is 5.75 Å². The Balaban J connectivity index is 2.12. The highest BCUT2D eigenvalue weighted by Gasteiger charge is 2.05. The summed E-state index contributed by atoms with van der Waals surface area (Å²) in [5.41, 5.74) is 7.76. The average molecular weight is 265 g/mol. The number of anilines is 1. The van der Waals surface area contributed by atoms with Gasteiger partial charge in [0.25, 0.3) is 0 Å². The van der Waals surface area contributed by atoms with E-state index in [1.807, 2.05) is 0 Å². The highest BCUT2D eigenvalue weighted by atomic mass is 16.3. The third-order valence-electron chi connectivity index (χ3n) is 3.40. The number of benzene rings is 1.